The summed E-state index contributed by atoms with van der Waals surface area (Å²) in [6.45, 7) is 1.79. The molecule has 0 spiro atoms. The van der Waals surface area contributed by atoms with Gasteiger partial charge in [-0.3, -0.25) is 0 Å². The van der Waals surface area contributed by atoms with Crippen LogP contribution in [-0.4, -0.2) is 32.8 Å². The van der Waals surface area contributed by atoms with Gasteiger partial charge in [0.05, 0.1) is 14.2 Å². The van der Waals surface area contributed by atoms with Crippen LogP contribution in [0.4, 0.5) is 0 Å². The fraction of sp³-hybridized carbons (Fsp3) is 0.462. The smallest absolute Gasteiger partial charge is 0.343 e. The molecule has 0 fully saturated rings. The summed E-state index contributed by atoms with van der Waals surface area (Å²) in [6.07, 6.45) is 0.647. The lowest BCUT2D eigenvalue weighted by atomic mass is 10.1. The summed E-state index contributed by atoms with van der Waals surface area (Å²) < 4.78 is 15.1. The second-order valence-electron chi connectivity index (χ2n) is 4.02. The van der Waals surface area contributed by atoms with E-state index in [0.717, 1.165) is 11.3 Å². The van der Waals surface area contributed by atoms with Crippen molar-refractivity contribution in [2.24, 2.45) is 5.73 Å². The van der Waals surface area contributed by atoms with Gasteiger partial charge in [0.15, 0.2) is 6.61 Å². The Morgan fingerprint density at radius 1 is 1.39 bits per heavy atom. The third-order valence-corrected chi connectivity index (χ3v) is 2.38. The van der Waals surface area contributed by atoms with E-state index in [0.29, 0.717) is 12.2 Å². The van der Waals surface area contributed by atoms with Gasteiger partial charge in [0.25, 0.3) is 0 Å². The van der Waals surface area contributed by atoms with E-state index in [9.17, 15) is 4.79 Å². The SMILES string of the molecule is COC(=O)COc1ccc(OC)cc1CC(C)N. The van der Waals surface area contributed by atoms with Crippen LogP contribution in [0.15, 0.2) is 18.2 Å². The predicted octanol–water partition coefficient (Wildman–Crippen LogP) is 1.14. The summed E-state index contributed by atoms with van der Waals surface area (Å²) >= 11 is 0. The average Bonchev–Trinajstić information content (AvgIpc) is 2.36. The zero-order valence-corrected chi connectivity index (χ0v) is 10.9. The molecule has 0 saturated carbocycles. The van der Waals surface area contributed by atoms with Crippen molar-refractivity contribution in [1.29, 1.82) is 0 Å². The summed E-state index contributed by atoms with van der Waals surface area (Å²) in [7, 11) is 2.92. The molecule has 0 aromatic heterocycles. The van der Waals surface area contributed by atoms with Crippen molar-refractivity contribution in [3.05, 3.63) is 23.8 Å². The standard InChI is InChI=1S/C13H19NO4/c1-9(14)6-10-7-11(16-2)4-5-12(10)18-8-13(15)17-3/h4-5,7,9H,6,8,14H2,1-3H3. The molecule has 1 aromatic rings. The van der Waals surface area contributed by atoms with Gasteiger partial charge in [-0.05, 0) is 37.1 Å². The Balaban J connectivity index is 2.84. The van der Waals surface area contributed by atoms with Crippen LogP contribution in [0, 0.1) is 0 Å². The number of carbonyl (C=O) groups excluding carboxylic acids is 1. The van der Waals surface area contributed by atoms with Crippen LogP contribution >= 0.6 is 0 Å². The van der Waals surface area contributed by atoms with Gasteiger partial charge in [-0.1, -0.05) is 0 Å². The van der Waals surface area contributed by atoms with E-state index in [4.69, 9.17) is 15.2 Å². The Kier molecular flexibility index (Phi) is 5.45. The number of benzene rings is 1. The van der Waals surface area contributed by atoms with Crippen LogP contribution < -0.4 is 15.2 Å². The molecular weight excluding hydrogens is 234 g/mol. The second kappa shape index (κ2) is 6.86. The topological polar surface area (TPSA) is 70.8 Å². The molecule has 0 heterocycles. The minimum atomic E-state index is -0.419. The van der Waals surface area contributed by atoms with Crippen molar-refractivity contribution in [1.82, 2.24) is 0 Å². The van der Waals surface area contributed by atoms with Crippen molar-refractivity contribution in [2.45, 2.75) is 19.4 Å². The van der Waals surface area contributed by atoms with Gasteiger partial charge in [-0.15, -0.1) is 0 Å². The highest BCUT2D eigenvalue weighted by atomic mass is 16.6. The molecule has 0 bridgehead atoms. The molecule has 5 heteroatoms. The van der Waals surface area contributed by atoms with Gasteiger partial charge >= 0.3 is 5.97 Å². The van der Waals surface area contributed by atoms with Crippen LogP contribution in [-0.2, 0) is 16.0 Å². The summed E-state index contributed by atoms with van der Waals surface area (Å²) in [5.74, 6) is 0.937. The molecule has 100 valence electrons. The number of hydrogen-bond acceptors (Lipinski definition) is 5. The molecular formula is C13H19NO4. The van der Waals surface area contributed by atoms with Crippen LogP contribution in [0.3, 0.4) is 0 Å². The maximum atomic E-state index is 11.0. The van der Waals surface area contributed by atoms with Gasteiger partial charge in [0.1, 0.15) is 11.5 Å². The number of ether oxygens (including phenoxy) is 3. The highest BCUT2D eigenvalue weighted by molar-refractivity contribution is 5.70. The van der Waals surface area contributed by atoms with Gasteiger partial charge in [-0.25, -0.2) is 4.79 Å². The third-order valence-electron chi connectivity index (χ3n) is 2.38. The first kappa shape index (κ1) is 14.3. The lowest BCUT2D eigenvalue weighted by molar-refractivity contribution is -0.142. The fourth-order valence-electron chi connectivity index (χ4n) is 1.53. The van der Waals surface area contributed by atoms with Crippen molar-refractivity contribution < 1.29 is 19.0 Å². The van der Waals surface area contributed by atoms with E-state index in [1.165, 1.54) is 7.11 Å². The molecule has 1 rings (SSSR count). The van der Waals surface area contributed by atoms with Crippen LogP contribution in [0.25, 0.3) is 0 Å². The number of nitrogens with two attached hydrogens (primary N) is 1. The highest BCUT2D eigenvalue weighted by Crippen LogP contribution is 2.25. The normalized spacial score (nSPS) is 11.8. The molecule has 5 nitrogen and oxygen atoms in total. The average molecular weight is 253 g/mol. The zero-order chi connectivity index (χ0) is 13.5. The van der Waals surface area contributed by atoms with Gasteiger partial charge in [-0.2, -0.15) is 0 Å². The summed E-state index contributed by atoms with van der Waals surface area (Å²) in [5, 5.41) is 0. The van der Waals surface area contributed by atoms with Crippen molar-refractivity contribution in [2.75, 3.05) is 20.8 Å². The van der Waals surface area contributed by atoms with Gasteiger partial charge < -0.3 is 19.9 Å². The predicted molar refractivity (Wildman–Crippen MR) is 67.9 cm³/mol. The molecule has 0 aliphatic heterocycles. The molecule has 1 unspecified atom stereocenters. The van der Waals surface area contributed by atoms with Crippen LogP contribution in [0.5, 0.6) is 11.5 Å². The Labute approximate surface area is 107 Å². The van der Waals surface area contributed by atoms with E-state index < -0.39 is 5.97 Å². The van der Waals surface area contributed by atoms with Crippen LogP contribution in [0.2, 0.25) is 0 Å². The first-order valence-electron chi connectivity index (χ1n) is 5.69. The monoisotopic (exact) mass is 253 g/mol. The maximum absolute atomic E-state index is 11.0. The van der Waals surface area contributed by atoms with E-state index in [1.54, 1.807) is 19.2 Å². The Morgan fingerprint density at radius 2 is 2.11 bits per heavy atom. The number of esters is 1. The van der Waals surface area contributed by atoms with E-state index in [-0.39, 0.29) is 12.6 Å². The number of methoxy groups -OCH3 is 2. The second-order valence-corrected chi connectivity index (χ2v) is 4.02. The molecule has 0 saturated heterocycles. The van der Waals surface area contributed by atoms with Crippen molar-refractivity contribution in [3.63, 3.8) is 0 Å². The summed E-state index contributed by atoms with van der Waals surface area (Å²) in [4.78, 5) is 11.0. The van der Waals surface area contributed by atoms with E-state index in [1.807, 2.05) is 13.0 Å². The Bertz CT molecular complexity index is 404. The largest absolute Gasteiger partial charge is 0.497 e. The van der Waals surface area contributed by atoms with Gasteiger partial charge in [0, 0.05) is 6.04 Å². The van der Waals surface area contributed by atoms with E-state index >= 15 is 0 Å². The van der Waals surface area contributed by atoms with Crippen molar-refractivity contribution in [3.8, 4) is 11.5 Å². The zero-order valence-electron chi connectivity index (χ0n) is 10.9. The summed E-state index contributed by atoms with van der Waals surface area (Å²) in [6, 6.07) is 5.39. The molecule has 18 heavy (non-hydrogen) atoms. The number of carbonyl (C=O) groups is 1. The molecule has 1 atom stereocenters. The van der Waals surface area contributed by atoms with Crippen LogP contribution in [0.1, 0.15) is 12.5 Å². The highest BCUT2D eigenvalue weighted by Gasteiger charge is 2.10. The summed E-state index contributed by atoms with van der Waals surface area (Å²) in [5.41, 5.74) is 6.69. The minimum Gasteiger partial charge on any atom is -0.497 e. The molecule has 0 aliphatic carbocycles. The number of hydrogen-bond donors (Lipinski definition) is 1. The molecule has 0 amide bonds. The van der Waals surface area contributed by atoms with E-state index in [2.05, 4.69) is 4.74 Å². The first-order chi connectivity index (χ1) is 8.56. The minimum absolute atomic E-state index is 0.00224. The Morgan fingerprint density at radius 3 is 2.67 bits per heavy atom. The first-order valence-corrected chi connectivity index (χ1v) is 5.69. The lowest BCUT2D eigenvalue weighted by Gasteiger charge is -2.13. The quantitative estimate of drug-likeness (QED) is 0.770. The maximum Gasteiger partial charge on any atom is 0.343 e. The molecule has 1 aromatic carbocycles. The number of rotatable bonds is 6. The Hall–Kier alpha value is -1.75. The van der Waals surface area contributed by atoms with Gasteiger partial charge in [0.2, 0.25) is 0 Å². The lowest BCUT2D eigenvalue weighted by Crippen LogP contribution is -2.19. The molecule has 2 N–H and O–H groups in total. The molecule has 0 aliphatic rings. The third kappa shape index (κ3) is 4.25. The fourth-order valence-corrected chi connectivity index (χ4v) is 1.53. The van der Waals surface area contributed by atoms with Crippen molar-refractivity contribution >= 4 is 5.97 Å². The molecule has 0 radical (unpaired) electrons.